The van der Waals surface area contributed by atoms with Crippen molar-refractivity contribution in [1.82, 2.24) is 0 Å². The molecule has 0 aliphatic heterocycles. The molecule has 10 heavy (non-hydrogen) atoms. The SMILES string of the molecule is Cl.N#CC[C@@H]1CC[C@H](N)C1. The topological polar surface area (TPSA) is 49.8 Å². The van der Waals surface area contributed by atoms with Crippen LogP contribution in [-0.4, -0.2) is 6.04 Å². The molecule has 1 saturated carbocycles. The molecule has 0 saturated heterocycles. The highest BCUT2D eigenvalue weighted by atomic mass is 35.5. The second-order valence-corrected chi connectivity index (χ2v) is 2.80. The van der Waals surface area contributed by atoms with E-state index in [2.05, 4.69) is 6.07 Å². The van der Waals surface area contributed by atoms with Crippen molar-refractivity contribution in [2.45, 2.75) is 31.7 Å². The fourth-order valence-electron chi connectivity index (χ4n) is 1.43. The monoisotopic (exact) mass is 160 g/mol. The molecule has 0 heterocycles. The van der Waals surface area contributed by atoms with Crippen LogP contribution in [-0.2, 0) is 0 Å². The molecule has 0 unspecified atom stereocenters. The molecule has 0 aromatic heterocycles. The van der Waals surface area contributed by atoms with Crippen LogP contribution in [0.2, 0.25) is 0 Å². The summed E-state index contributed by atoms with van der Waals surface area (Å²) in [6.07, 6.45) is 4.04. The minimum Gasteiger partial charge on any atom is -0.328 e. The van der Waals surface area contributed by atoms with Crippen molar-refractivity contribution in [3.8, 4) is 6.07 Å². The molecular formula is C7H13ClN2. The zero-order chi connectivity index (χ0) is 6.69. The Hall–Kier alpha value is -0.260. The van der Waals surface area contributed by atoms with E-state index in [1.54, 1.807) is 0 Å². The Morgan fingerprint density at radius 2 is 2.20 bits per heavy atom. The highest BCUT2D eigenvalue weighted by molar-refractivity contribution is 5.85. The summed E-state index contributed by atoms with van der Waals surface area (Å²) >= 11 is 0. The van der Waals surface area contributed by atoms with Crippen LogP contribution in [0.15, 0.2) is 0 Å². The van der Waals surface area contributed by atoms with Crippen molar-refractivity contribution in [2.24, 2.45) is 11.7 Å². The summed E-state index contributed by atoms with van der Waals surface area (Å²) in [6.45, 7) is 0. The third-order valence-corrected chi connectivity index (χ3v) is 1.96. The fourth-order valence-corrected chi connectivity index (χ4v) is 1.43. The molecule has 2 atom stereocenters. The van der Waals surface area contributed by atoms with Crippen molar-refractivity contribution in [1.29, 1.82) is 5.26 Å². The largest absolute Gasteiger partial charge is 0.328 e. The predicted octanol–water partition coefficient (Wildman–Crippen LogP) is 1.45. The molecule has 1 aliphatic carbocycles. The first-order valence-corrected chi connectivity index (χ1v) is 3.45. The number of nitriles is 1. The number of nitrogens with two attached hydrogens (primary N) is 1. The molecule has 1 aliphatic rings. The van der Waals surface area contributed by atoms with E-state index in [0.717, 1.165) is 19.3 Å². The first kappa shape index (κ1) is 9.74. The Morgan fingerprint density at radius 1 is 1.50 bits per heavy atom. The van der Waals surface area contributed by atoms with E-state index in [1.165, 1.54) is 0 Å². The zero-order valence-corrected chi connectivity index (χ0v) is 6.73. The van der Waals surface area contributed by atoms with Gasteiger partial charge in [-0.3, -0.25) is 0 Å². The minimum atomic E-state index is 0. The fraction of sp³-hybridized carbons (Fsp3) is 0.857. The molecule has 0 amide bonds. The van der Waals surface area contributed by atoms with Gasteiger partial charge in [0.25, 0.3) is 0 Å². The van der Waals surface area contributed by atoms with Crippen molar-refractivity contribution < 1.29 is 0 Å². The van der Waals surface area contributed by atoms with Gasteiger partial charge in [-0.2, -0.15) is 5.26 Å². The summed E-state index contributed by atoms with van der Waals surface area (Å²) in [5.41, 5.74) is 5.65. The Balaban J connectivity index is 0.000000810. The molecule has 0 aromatic rings. The van der Waals surface area contributed by atoms with Crippen molar-refractivity contribution in [3.63, 3.8) is 0 Å². The number of halogens is 1. The van der Waals surface area contributed by atoms with Crippen LogP contribution < -0.4 is 5.73 Å². The Bertz CT molecular complexity index is 130. The average Bonchev–Trinajstić information content (AvgIpc) is 2.17. The van der Waals surface area contributed by atoms with Crippen LogP contribution in [0.4, 0.5) is 0 Å². The van der Waals surface area contributed by atoms with Gasteiger partial charge in [0.2, 0.25) is 0 Å². The minimum absolute atomic E-state index is 0. The quantitative estimate of drug-likeness (QED) is 0.631. The van der Waals surface area contributed by atoms with Crippen LogP contribution in [0.25, 0.3) is 0 Å². The van der Waals surface area contributed by atoms with Crippen molar-refractivity contribution in [2.75, 3.05) is 0 Å². The summed E-state index contributed by atoms with van der Waals surface area (Å²) in [7, 11) is 0. The van der Waals surface area contributed by atoms with Crippen LogP contribution in [0, 0.1) is 17.2 Å². The first-order chi connectivity index (χ1) is 4.33. The molecule has 58 valence electrons. The van der Waals surface area contributed by atoms with E-state index < -0.39 is 0 Å². The van der Waals surface area contributed by atoms with Gasteiger partial charge in [-0.15, -0.1) is 12.4 Å². The lowest BCUT2D eigenvalue weighted by Gasteiger charge is -2.00. The van der Waals surface area contributed by atoms with Gasteiger partial charge >= 0.3 is 0 Å². The maximum absolute atomic E-state index is 8.32. The molecule has 1 rings (SSSR count). The molecule has 0 aromatic carbocycles. The van der Waals surface area contributed by atoms with Crippen LogP contribution in [0.1, 0.15) is 25.7 Å². The standard InChI is InChI=1S/C7H12N2.ClH/c8-4-3-6-1-2-7(9)5-6;/h6-7H,1-3,5,9H2;1H/t6-,7-;/m0./s1. The Kier molecular flexibility index (Phi) is 4.42. The predicted molar refractivity (Wildman–Crippen MR) is 42.8 cm³/mol. The van der Waals surface area contributed by atoms with Gasteiger partial charge in [-0.1, -0.05) is 0 Å². The molecule has 0 spiro atoms. The van der Waals surface area contributed by atoms with Gasteiger partial charge in [0.05, 0.1) is 6.07 Å². The third-order valence-electron chi connectivity index (χ3n) is 1.96. The van der Waals surface area contributed by atoms with Gasteiger partial charge in [0, 0.05) is 12.5 Å². The van der Waals surface area contributed by atoms with Crippen LogP contribution >= 0.6 is 12.4 Å². The Morgan fingerprint density at radius 3 is 2.60 bits per heavy atom. The lowest BCUT2D eigenvalue weighted by atomic mass is 10.1. The third kappa shape index (κ3) is 2.55. The van der Waals surface area contributed by atoms with E-state index in [9.17, 15) is 0 Å². The second kappa shape index (κ2) is 4.54. The highest BCUT2D eigenvalue weighted by Crippen LogP contribution is 2.26. The average molecular weight is 161 g/mol. The number of nitrogens with zero attached hydrogens (tertiary/aromatic N) is 1. The molecule has 3 heteroatoms. The van der Waals surface area contributed by atoms with Gasteiger partial charge < -0.3 is 5.73 Å². The summed E-state index contributed by atoms with van der Waals surface area (Å²) in [6, 6.07) is 2.55. The first-order valence-electron chi connectivity index (χ1n) is 3.45. The van der Waals surface area contributed by atoms with E-state index in [-0.39, 0.29) is 12.4 Å². The van der Waals surface area contributed by atoms with E-state index in [0.29, 0.717) is 18.4 Å². The summed E-state index contributed by atoms with van der Waals surface area (Å²) < 4.78 is 0. The number of rotatable bonds is 1. The molecular weight excluding hydrogens is 148 g/mol. The second-order valence-electron chi connectivity index (χ2n) is 2.80. The molecule has 1 fully saturated rings. The number of hydrogen-bond donors (Lipinski definition) is 1. The van der Waals surface area contributed by atoms with Crippen molar-refractivity contribution >= 4 is 12.4 Å². The highest BCUT2D eigenvalue weighted by Gasteiger charge is 2.20. The Labute approximate surface area is 67.8 Å². The van der Waals surface area contributed by atoms with Crippen LogP contribution in [0.3, 0.4) is 0 Å². The van der Waals surface area contributed by atoms with Crippen molar-refractivity contribution in [3.05, 3.63) is 0 Å². The molecule has 0 radical (unpaired) electrons. The van der Waals surface area contributed by atoms with Gasteiger partial charge in [-0.25, -0.2) is 0 Å². The van der Waals surface area contributed by atoms with E-state index >= 15 is 0 Å². The van der Waals surface area contributed by atoms with Crippen LogP contribution in [0.5, 0.6) is 0 Å². The number of hydrogen-bond acceptors (Lipinski definition) is 2. The van der Waals surface area contributed by atoms with Gasteiger partial charge in [0.15, 0.2) is 0 Å². The normalized spacial score (nSPS) is 30.8. The summed E-state index contributed by atoms with van der Waals surface area (Å²) in [5, 5.41) is 8.32. The van der Waals surface area contributed by atoms with E-state index in [1.807, 2.05) is 0 Å². The smallest absolute Gasteiger partial charge is 0.0624 e. The molecule has 0 bridgehead atoms. The molecule has 2 nitrogen and oxygen atoms in total. The molecule has 2 N–H and O–H groups in total. The zero-order valence-electron chi connectivity index (χ0n) is 5.92. The van der Waals surface area contributed by atoms with Gasteiger partial charge in [-0.05, 0) is 25.2 Å². The lowest BCUT2D eigenvalue weighted by molar-refractivity contribution is 0.551. The summed E-state index contributed by atoms with van der Waals surface area (Å²) in [4.78, 5) is 0. The van der Waals surface area contributed by atoms with Gasteiger partial charge in [0.1, 0.15) is 0 Å². The maximum Gasteiger partial charge on any atom is 0.0624 e. The summed E-state index contributed by atoms with van der Waals surface area (Å²) in [5.74, 6) is 0.602. The lowest BCUT2D eigenvalue weighted by Crippen LogP contribution is -2.14. The van der Waals surface area contributed by atoms with E-state index in [4.69, 9.17) is 11.0 Å². The maximum atomic E-state index is 8.32.